The van der Waals surface area contributed by atoms with Crippen LogP contribution >= 0.6 is 39.3 Å². The summed E-state index contributed by atoms with van der Waals surface area (Å²) in [5.41, 5.74) is 2.09. The lowest BCUT2D eigenvalue weighted by Gasteiger charge is -2.29. The van der Waals surface area contributed by atoms with Crippen molar-refractivity contribution in [1.29, 1.82) is 0 Å². The van der Waals surface area contributed by atoms with E-state index in [9.17, 15) is 9.59 Å². The van der Waals surface area contributed by atoms with Crippen molar-refractivity contribution in [3.63, 3.8) is 0 Å². The van der Waals surface area contributed by atoms with Crippen molar-refractivity contribution in [3.05, 3.63) is 69.2 Å². The van der Waals surface area contributed by atoms with Gasteiger partial charge in [0.15, 0.2) is 0 Å². The first-order valence-electron chi connectivity index (χ1n) is 9.90. The van der Waals surface area contributed by atoms with E-state index in [0.717, 1.165) is 21.4 Å². The fraction of sp³-hybridized carbons (Fsp3) is 0.391. The Morgan fingerprint density at radius 3 is 2.23 bits per heavy atom. The molecular weight excluding hydrogens is 484 g/mol. The Morgan fingerprint density at radius 2 is 1.63 bits per heavy atom. The minimum absolute atomic E-state index is 0.0562. The van der Waals surface area contributed by atoms with Crippen LogP contribution in [0.1, 0.15) is 31.9 Å². The summed E-state index contributed by atoms with van der Waals surface area (Å²) in [6.07, 6.45) is 0. The maximum atomic E-state index is 13.0. The summed E-state index contributed by atoms with van der Waals surface area (Å²) in [5.74, 6) is 1.21. The highest BCUT2D eigenvalue weighted by Gasteiger charge is 2.26. The lowest BCUT2D eigenvalue weighted by Crippen LogP contribution is -2.48. The molecule has 2 aromatic rings. The fourth-order valence-corrected chi connectivity index (χ4v) is 4.00. The topological polar surface area (TPSA) is 49.4 Å². The number of carbonyl (C=O) groups is 2. The molecule has 0 aliphatic carbocycles. The van der Waals surface area contributed by atoms with Gasteiger partial charge in [-0.3, -0.25) is 9.59 Å². The van der Waals surface area contributed by atoms with Gasteiger partial charge in [0.2, 0.25) is 11.8 Å². The second-order valence-corrected chi connectivity index (χ2v) is 9.92. The second-order valence-electron chi connectivity index (χ2n) is 7.58. The van der Waals surface area contributed by atoms with Crippen molar-refractivity contribution in [3.8, 4) is 0 Å². The Labute approximate surface area is 196 Å². The predicted molar refractivity (Wildman–Crippen MR) is 130 cm³/mol. The van der Waals surface area contributed by atoms with Crippen molar-refractivity contribution in [1.82, 2.24) is 10.2 Å². The normalized spacial score (nSPS) is 11.9. The molecule has 30 heavy (non-hydrogen) atoms. The molecule has 0 heterocycles. The molecule has 0 saturated heterocycles. The van der Waals surface area contributed by atoms with Gasteiger partial charge in [-0.05, 0) is 48.2 Å². The van der Waals surface area contributed by atoms with E-state index in [1.807, 2.05) is 50.2 Å². The van der Waals surface area contributed by atoms with E-state index in [1.54, 1.807) is 35.7 Å². The molecule has 0 bridgehead atoms. The number of amides is 2. The number of carbonyl (C=O) groups excluding carboxylic acids is 2. The lowest BCUT2D eigenvalue weighted by molar-refractivity contribution is -0.138. The molecule has 4 nitrogen and oxygen atoms in total. The maximum Gasteiger partial charge on any atom is 0.242 e. The summed E-state index contributed by atoms with van der Waals surface area (Å²) in [6, 6.07) is 14.9. The van der Waals surface area contributed by atoms with Gasteiger partial charge in [-0.1, -0.05) is 65.6 Å². The van der Waals surface area contributed by atoms with Gasteiger partial charge in [-0.25, -0.2) is 0 Å². The highest BCUT2D eigenvalue weighted by atomic mass is 79.9. The van der Waals surface area contributed by atoms with E-state index in [0.29, 0.717) is 29.8 Å². The number of thioether (sulfide) groups is 1. The van der Waals surface area contributed by atoms with Crippen LogP contribution in [-0.4, -0.2) is 35.1 Å². The molecule has 0 unspecified atom stereocenters. The van der Waals surface area contributed by atoms with Crippen molar-refractivity contribution >= 4 is 51.1 Å². The average Bonchev–Trinajstić information content (AvgIpc) is 2.72. The zero-order valence-corrected chi connectivity index (χ0v) is 20.7. The van der Waals surface area contributed by atoms with Crippen LogP contribution in [0.4, 0.5) is 0 Å². The summed E-state index contributed by atoms with van der Waals surface area (Å²) in [5, 5.41) is 3.58. The number of nitrogens with zero attached hydrogens (tertiary/aromatic N) is 1. The van der Waals surface area contributed by atoms with Crippen LogP contribution in [0.3, 0.4) is 0 Å². The third-order valence-electron chi connectivity index (χ3n) is 4.53. The molecule has 162 valence electrons. The van der Waals surface area contributed by atoms with Gasteiger partial charge in [-0.2, -0.15) is 0 Å². The van der Waals surface area contributed by atoms with E-state index in [2.05, 4.69) is 21.2 Å². The molecule has 0 aliphatic heterocycles. The zero-order chi connectivity index (χ0) is 22.1. The Bertz CT molecular complexity index is 828. The molecule has 0 saturated carbocycles. The standard InChI is InChI=1S/C23H28BrClN2O2S/c1-16(2)12-26-23(29)17(3)27(13-18-6-10-21(25)11-7-18)22(28)15-30-14-19-4-8-20(24)9-5-19/h4-11,16-17H,12-15H2,1-3H3,(H,26,29)/t17-/m0/s1. The van der Waals surface area contributed by atoms with Gasteiger partial charge in [0.25, 0.3) is 0 Å². The molecule has 0 radical (unpaired) electrons. The predicted octanol–water partition coefficient (Wildman–Crippen LogP) is 5.53. The molecule has 0 aromatic heterocycles. The minimum atomic E-state index is -0.555. The molecule has 0 aliphatic rings. The summed E-state index contributed by atoms with van der Waals surface area (Å²) in [6.45, 7) is 6.82. The molecule has 2 aromatic carbocycles. The van der Waals surface area contributed by atoms with E-state index in [-0.39, 0.29) is 11.8 Å². The highest BCUT2D eigenvalue weighted by molar-refractivity contribution is 9.10. The van der Waals surface area contributed by atoms with Gasteiger partial charge >= 0.3 is 0 Å². The molecule has 0 fully saturated rings. The number of benzene rings is 2. The molecular formula is C23H28BrClN2O2S. The molecule has 2 amide bonds. The second kappa shape index (κ2) is 12.4. The average molecular weight is 512 g/mol. The van der Waals surface area contributed by atoms with Crippen molar-refractivity contribution < 1.29 is 9.59 Å². The summed E-state index contributed by atoms with van der Waals surface area (Å²) >= 11 is 11.0. The summed E-state index contributed by atoms with van der Waals surface area (Å²) < 4.78 is 1.03. The van der Waals surface area contributed by atoms with Crippen LogP contribution < -0.4 is 5.32 Å². The van der Waals surface area contributed by atoms with Crippen LogP contribution in [0.25, 0.3) is 0 Å². The first-order chi connectivity index (χ1) is 14.3. The van der Waals surface area contributed by atoms with Crippen molar-refractivity contribution in [2.45, 2.75) is 39.1 Å². The zero-order valence-electron chi connectivity index (χ0n) is 17.5. The third-order valence-corrected chi connectivity index (χ3v) is 6.29. The maximum absolute atomic E-state index is 13.0. The van der Waals surface area contributed by atoms with E-state index < -0.39 is 6.04 Å². The Morgan fingerprint density at radius 1 is 1.03 bits per heavy atom. The lowest BCUT2D eigenvalue weighted by atomic mass is 10.1. The van der Waals surface area contributed by atoms with Crippen molar-refractivity contribution in [2.24, 2.45) is 5.92 Å². The first-order valence-corrected chi connectivity index (χ1v) is 12.2. The quantitative estimate of drug-likeness (QED) is 0.456. The van der Waals surface area contributed by atoms with Gasteiger partial charge in [0.05, 0.1) is 5.75 Å². The smallest absolute Gasteiger partial charge is 0.242 e. The van der Waals surface area contributed by atoms with Crippen LogP contribution in [-0.2, 0) is 21.9 Å². The number of hydrogen-bond donors (Lipinski definition) is 1. The number of rotatable bonds is 10. The third kappa shape index (κ3) is 8.32. The molecule has 0 spiro atoms. The largest absolute Gasteiger partial charge is 0.354 e. The number of hydrogen-bond acceptors (Lipinski definition) is 3. The number of halogens is 2. The molecule has 2 rings (SSSR count). The Hall–Kier alpha value is -1.50. The van der Waals surface area contributed by atoms with Crippen molar-refractivity contribution in [2.75, 3.05) is 12.3 Å². The van der Waals surface area contributed by atoms with Gasteiger partial charge in [0, 0.05) is 28.3 Å². The van der Waals surface area contributed by atoms with E-state index in [1.165, 1.54) is 0 Å². The molecule has 1 N–H and O–H groups in total. The Balaban J connectivity index is 2.04. The minimum Gasteiger partial charge on any atom is -0.354 e. The first kappa shape index (κ1) is 24.8. The van der Waals surface area contributed by atoms with Crippen LogP contribution in [0.15, 0.2) is 53.0 Å². The fourth-order valence-electron chi connectivity index (χ4n) is 2.74. The van der Waals surface area contributed by atoms with E-state index >= 15 is 0 Å². The highest BCUT2D eigenvalue weighted by Crippen LogP contribution is 2.18. The van der Waals surface area contributed by atoms with Gasteiger partial charge in [-0.15, -0.1) is 11.8 Å². The van der Waals surface area contributed by atoms with Gasteiger partial charge < -0.3 is 10.2 Å². The van der Waals surface area contributed by atoms with Crippen LogP contribution in [0.2, 0.25) is 5.02 Å². The summed E-state index contributed by atoms with van der Waals surface area (Å²) in [7, 11) is 0. The van der Waals surface area contributed by atoms with Crippen LogP contribution in [0.5, 0.6) is 0 Å². The monoisotopic (exact) mass is 510 g/mol. The van der Waals surface area contributed by atoms with Crippen LogP contribution in [0, 0.1) is 5.92 Å². The Kier molecular flexibility index (Phi) is 10.2. The SMILES string of the molecule is CC(C)CNC(=O)[C@H](C)N(Cc1ccc(Cl)cc1)C(=O)CSCc1ccc(Br)cc1. The van der Waals surface area contributed by atoms with Gasteiger partial charge in [0.1, 0.15) is 6.04 Å². The summed E-state index contributed by atoms with van der Waals surface area (Å²) in [4.78, 5) is 27.3. The number of nitrogens with one attached hydrogen (secondary N) is 1. The molecule has 1 atom stereocenters. The molecule has 7 heteroatoms. The van der Waals surface area contributed by atoms with E-state index in [4.69, 9.17) is 11.6 Å².